The molecule has 0 aliphatic heterocycles. The number of aromatic amines is 10. The van der Waals surface area contributed by atoms with Crippen molar-refractivity contribution in [1.82, 2.24) is 147 Å². The Labute approximate surface area is 800 Å². The summed E-state index contributed by atoms with van der Waals surface area (Å²) in [5.41, 5.74) is 8.69. The highest BCUT2D eigenvalue weighted by Gasteiger charge is 2.29. The average Bonchev–Trinajstić information content (AvgIpc) is 1.64. The first-order chi connectivity index (χ1) is 67.9. The number of H-pyrrole nitrogens is 10. The second-order valence-corrected chi connectivity index (χ2v) is 37.5. The van der Waals surface area contributed by atoms with Gasteiger partial charge < -0.3 is 102 Å². The number of rotatable bonds is 25. The van der Waals surface area contributed by atoms with Crippen molar-refractivity contribution < 1.29 is 0 Å². The molecule has 0 radical (unpaired) electrons. The molecule has 140 heavy (non-hydrogen) atoms. The maximum Gasteiger partial charge on any atom is 0.323 e. The average molecular weight is 1930 g/mol. The number of imidazole rings is 5. The van der Waals surface area contributed by atoms with Gasteiger partial charge in [-0.25, -0.2) is 63.8 Å². The van der Waals surface area contributed by atoms with Crippen molar-refractivity contribution in [1.29, 1.82) is 0 Å². The molecular weight excluding hydrogens is 1840 g/mol. The summed E-state index contributed by atoms with van der Waals surface area (Å²) in [4.78, 5) is 127. The van der Waals surface area contributed by atoms with Crippen molar-refractivity contribution in [3.05, 3.63) is 277 Å². The second kappa shape index (κ2) is 37.6. The lowest BCUT2D eigenvalue weighted by atomic mass is 10.2. The zero-order valence-electron chi connectivity index (χ0n) is 75.8. The van der Waals surface area contributed by atoms with Crippen LogP contribution >= 0.6 is 34.0 Å². The summed E-state index contributed by atoms with van der Waals surface area (Å²) < 4.78 is 10.9. The van der Waals surface area contributed by atoms with Gasteiger partial charge in [-0.05, 0) is 139 Å². The summed E-state index contributed by atoms with van der Waals surface area (Å²) in [7, 11) is 0. The second-order valence-electron chi connectivity index (χ2n) is 34.6. The first-order valence-corrected chi connectivity index (χ1v) is 47.6. The minimum atomic E-state index is -0.296. The summed E-state index contributed by atoms with van der Waals surface area (Å²) >= 11 is 4.66. The maximum atomic E-state index is 11.6. The van der Waals surface area contributed by atoms with Gasteiger partial charge in [0.15, 0.2) is 43.6 Å². The van der Waals surface area contributed by atoms with Crippen LogP contribution in [0.15, 0.2) is 151 Å². The van der Waals surface area contributed by atoms with Crippen LogP contribution in [-0.2, 0) is 0 Å². The Morgan fingerprint density at radius 3 is 1.00 bits per heavy atom. The summed E-state index contributed by atoms with van der Waals surface area (Å²) in [5, 5.41) is 65.2. The topological polar surface area (TPSA) is 559 Å². The smallest absolute Gasteiger partial charge is 0.323 e. The SMILES string of the molecule is C=c1[nH]c(=O)[nH]/c1=C\c1cnn2c(NC3CC3)cc(-n3cccc3)nc12.C=c1[nH]c(=O)[nH]/c1=C\c1cnn2c(NC3CC3)cc(Nc3cccnc3)nc12.C=c1[nH]c(=O)[nH]/c1=C\c1cnn2c(NC3CC3)cc(Nc3nc(C(C)C)cs3)nc12.C=c1[nH]c(=O)[nH]/c1=C\c1cnn2c(NC3CC3)cc(Nc3nc(C)cs3)nc12.C=c1[nH]c(=O)[nH]/c1=C\c1cnn2c(NC3CC3)cc(Nc3ncc(C)s3)nc12. The van der Waals surface area contributed by atoms with Crippen LogP contribution in [0.4, 0.5) is 73.4 Å². The molecule has 20 heterocycles. The van der Waals surface area contributed by atoms with E-state index in [4.69, 9.17) is 24.9 Å². The third-order valence-corrected chi connectivity index (χ3v) is 25.2. The third-order valence-electron chi connectivity index (χ3n) is 22.7. The molecule has 20 aromatic heterocycles. The molecule has 0 atom stereocenters. The molecule has 25 rings (SSSR count). The van der Waals surface area contributed by atoms with Crippen molar-refractivity contribution in [2.45, 2.75) is 128 Å². The van der Waals surface area contributed by atoms with Crippen LogP contribution in [0.3, 0.4) is 0 Å². The van der Waals surface area contributed by atoms with Crippen molar-refractivity contribution >= 4 is 199 Å². The lowest BCUT2D eigenvalue weighted by Gasteiger charge is -2.11. The molecule has 5 aliphatic rings. The van der Waals surface area contributed by atoms with Crippen LogP contribution in [0, 0.1) is 13.8 Å². The fourth-order valence-corrected chi connectivity index (χ4v) is 17.1. The highest BCUT2D eigenvalue weighted by atomic mass is 32.1. The van der Waals surface area contributed by atoms with Gasteiger partial charge in [0.05, 0.1) is 108 Å². The van der Waals surface area contributed by atoms with Gasteiger partial charge in [-0.1, -0.05) is 46.7 Å². The number of hydrogen-bond acceptors (Lipinski definition) is 31. The number of nitrogens with one attached hydrogen (secondary N) is 19. The zero-order valence-corrected chi connectivity index (χ0v) is 78.2. The molecule has 44 nitrogen and oxygen atoms in total. The fraction of sp³-hybridized carbons (Fsp3) is 0.215. The molecule has 19 N–H and O–H groups in total. The number of pyridine rings is 1. The van der Waals surface area contributed by atoms with Gasteiger partial charge in [0, 0.05) is 129 Å². The zero-order chi connectivity index (χ0) is 96.1. The minimum absolute atomic E-state index is 0.283. The molecule has 5 aliphatic carbocycles. The van der Waals surface area contributed by atoms with Crippen molar-refractivity contribution in [2.75, 3.05) is 47.9 Å². The van der Waals surface area contributed by atoms with E-state index in [-0.39, 0.29) is 28.4 Å². The van der Waals surface area contributed by atoms with Gasteiger partial charge in [-0.15, -0.1) is 34.0 Å². The van der Waals surface area contributed by atoms with Crippen LogP contribution in [0.5, 0.6) is 0 Å². The summed E-state index contributed by atoms with van der Waals surface area (Å²) in [6.07, 6.45) is 38.4. The van der Waals surface area contributed by atoms with Crippen LogP contribution in [0.1, 0.15) is 128 Å². The number of hydrogen-bond donors (Lipinski definition) is 19. The number of fused-ring (bicyclic) bond motifs is 5. The normalized spacial score (nSPS) is 14.7. The molecule has 5 saturated carbocycles. The Kier molecular flexibility index (Phi) is 23.9. The highest BCUT2D eigenvalue weighted by Crippen LogP contribution is 2.36. The van der Waals surface area contributed by atoms with E-state index >= 15 is 0 Å². The molecule has 0 saturated heterocycles. The molecule has 0 aromatic carbocycles. The summed E-state index contributed by atoms with van der Waals surface area (Å²) in [6, 6.07) is 19.8. The van der Waals surface area contributed by atoms with Gasteiger partial charge in [0.25, 0.3) is 0 Å². The highest BCUT2D eigenvalue weighted by molar-refractivity contribution is 7.15. The molecule has 47 heteroatoms. The van der Waals surface area contributed by atoms with Gasteiger partial charge in [0.1, 0.15) is 58.2 Å². The lowest BCUT2D eigenvalue weighted by molar-refractivity contribution is 0.834. The van der Waals surface area contributed by atoms with Crippen LogP contribution < -0.4 is 130 Å². The van der Waals surface area contributed by atoms with E-state index in [1.807, 2.05) is 127 Å². The maximum absolute atomic E-state index is 11.6. The van der Waals surface area contributed by atoms with E-state index in [9.17, 15) is 24.0 Å². The van der Waals surface area contributed by atoms with E-state index < -0.39 is 0 Å². The Morgan fingerprint density at radius 1 is 0.379 bits per heavy atom. The van der Waals surface area contributed by atoms with E-state index in [0.29, 0.717) is 141 Å². The van der Waals surface area contributed by atoms with E-state index in [0.717, 1.165) is 151 Å². The number of thiazole rings is 3. The van der Waals surface area contributed by atoms with Crippen molar-refractivity contribution in [3.8, 4) is 5.82 Å². The van der Waals surface area contributed by atoms with Crippen LogP contribution in [0.25, 0.3) is 97.3 Å². The van der Waals surface area contributed by atoms with Crippen LogP contribution in [-0.4, -0.2) is 178 Å². The Morgan fingerprint density at radius 2 is 0.707 bits per heavy atom. The van der Waals surface area contributed by atoms with Gasteiger partial charge in [-0.3, -0.25) is 4.98 Å². The first kappa shape index (κ1) is 88.9. The fourth-order valence-electron chi connectivity index (χ4n) is 14.9. The summed E-state index contributed by atoms with van der Waals surface area (Å²) in [5.74, 6) is 8.24. The molecule has 0 unspecified atom stereocenters. The summed E-state index contributed by atoms with van der Waals surface area (Å²) in [6.45, 7) is 27.4. The number of aromatic nitrogens is 30. The van der Waals surface area contributed by atoms with E-state index in [1.165, 1.54) is 24.2 Å². The Hall–Kier alpha value is -17.6. The standard InChI is InChI=1S/C20H22N8OS.C19H18N8O.2C18H18N8OS.C18H17N7O/c1-10(2)15-9-30-20(25-15)27-16-7-17(23-13-4-5-13)28-18(26-16)12(8-21-28)6-14-11(3)22-19(29)24-14;1-11-15(25-19(28)22-11)7-12-9-21-27-17(24-13-4-5-13)8-16(26-18(12)27)23-14-3-2-6-20-10-14;1-9-8-28-18(20-9)25-14-6-15(22-12-3-4-12)26-16(24-14)11(7-19-26)5-13-10(2)21-17(27)23-13;1-9-7-19-18(28-9)25-14-6-15(22-12-3-4-12)26-16(24-14)11(8-20-26)5-13-10(2)21-17(27)23-13;1-11-14(22-18(26)20-11)8-12-10-19-25-16(21-13-4-5-13)9-15(23-17(12)25)24-6-2-3-7-24/h6-10,13,23H,3-5H2,1-2H3,(H2,22,24,29)(H,25,26,27);2-3,6-10,13,24H,1,4-5H2,(H,23,26)(H2,22,25,28);5-8,12,22H,2-4H2,1H3,(H,20,24,25)(H2,21,23,27);5-8,12,22H,2-4H2,1H3,(H,19,24,25)(H2,21,23,27);2-3,6-10,13,21H,1,4-5H2,(H2,20,22,26)/b14-6-;15-7-;2*13-5-;14-8-. The largest absolute Gasteiger partial charge is 0.367 e. The number of aryl methyl sites for hydroxylation is 2. The molecule has 0 bridgehead atoms. The predicted molar refractivity (Wildman–Crippen MR) is 544 cm³/mol. The van der Waals surface area contributed by atoms with Crippen molar-refractivity contribution in [2.24, 2.45) is 0 Å². The van der Waals surface area contributed by atoms with E-state index in [2.05, 4.69) is 195 Å². The predicted octanol–water partition coefficient (Wildman–Crippen LogP) is 5.07. The number of anilines is 13. The molecule has 0 spiro atoms. The molecule has 5 fully saturated rings. The molecule has 708 valence electrons. The van der Waals surface area contributed by atoms with Crippen LogP contribution in [0.2, 0.25) is 0 Å². The monoisotopic (exact) mass is 1930 g/mol. The lowest BCUT2D eigenvalue weighted by Crippen LogP contribution is -2.22. The Balaban J connectivity index is 0.000000104. The van der Waals surface area contributed by atoms with Crippen molar-refractivity contribution in [3.63, 3.8) is 0 Å². The Bertz CT molecular complexity index is 8850. The molecule has 20 aromatic rings. The molecular formula is C93H93N39O5S3. The third kappa shape index (κ3) is 20.6. The molecule has 0 amide bonds. The minimum Gasteiger partial charge on any atom is -0.367 e. The quantitative estimate of drug-likeness (QED) is 0.0355. The van der Waals surface area contributed by atoms with Gasteiger partial charge in [-0.2, -0.15) is 48.1 Å². The van der Waals surface area contributed by atoms with Gasteiger partial charge >= 0.3 is 28.4 Å². The first-order valence-electron chi connectivity index (χ1n) is 45.0. The van der Waals surface area contributed by atoms with Gasteiger partial charge in [0.2, 0.25) is 0 Å². The number of nitrogens with zero attached hydrogens (tertiary/aromatic N) is 20. The van der Waals surface area contributed by atoms with E-state index in [1.54, 1.807) is 88.6 Å².